The summed E-state index contributed by atoms with van der Waals surface area (Å²) in [7, 11) is 2.13. The van der Waals surface area contributed by atoms with Gasteiger partial charge < -0.3 is 19.9 Å². The van der Waals surface area contributed by atoms with Gasteiger partial charge in [-0.25, -0.2) is 0 Å². The normalized spacial score (nSPS) is 14.8. The molecular weight excluding hydrogens is 421 g/mol. The molecule has 2 aromatic rings. The number of rotatable bonds is 6. The minimum Gasteiger partial charge on any atom is -0.482 e. The van der Waals surface area contributed by atoms with E-state index >= 15 is 0 Å². The Balaban J connectivity index is 1.56. The van der Waals surface area contributed by atoms with Crippen LogP contribution in [0.3, 0.4) is 0 Å². The topological polar surface area (TPSA) is 44.8 Å². The van der Waals surface area contributed by atoms with Gasteiger partial charge in [0.25, 0.3) is 5.91 Å². The molecule has 2 aromatic carbocycles. The summed E-state index contributed by atoms with van der Waals surface area (Å²) in [4.78, 5) is 16.9. The second-order valence-electron chi connectivity index (χ2n) is 6.68. The molecule has 1 saturated heterocycles. The Hall–Kier alpha value is -1.66. The molecule has 1 aliphatic heterocycles. The van der Waals surface area contributed by atoms with Gasteiger partial charge in [0.05, 0.1) is 15.1 Å². The Labute approximate surface area is 180 Å². The fourth-order valence-corrected chi connectivity index (χ4v) is 3.61. The number of hydrogen-bond acceptors (Lipinski definition) is 4. The zero-order valence-corrected chi connectivity index (χ0v) is 17.8. The Morgan fingerprint density at radius 2 is 1.71 bits per heavy atom. The van der Waals surface area contributed by atoms with E-state index in [0.717, 1.165) is 37.4 Å². The molecule has 0 unspecified atom stereocenters. The Morgan fingerprint density at radius 1 is 1.04 bits per heavy atom. The van der Waals surface area contributed by atoms with Crippen molar-refractivity contribution >= 4 is 46.4 Å². The van der Waals surface area contributed by atoms with Crippen molar-refractivity contribution in [3.63, 3.8) is 0 Å². The lowest BCUT2D eigenvalue weighted by Gasteiger charge is -2.35. The van der Waals surface area contributed by atoms with Crippen LogP contribution in [0, 0.1) is 0 Å². The number of amides is 1. The number of anilines is 1. The van der Waals surface area contributed by atoms with Crippen LogP contribution in [0.1, 0.15) is 5.56 Å². The van der Waals surface area contributed by atoms with Crippen LogP contribution in [0.15, 0.2) is 36.4 Å². The highest BCUT2D eigenvalue weighted by atomic mass is 35.5. The quantitative estimate of drug-likeness (QED) is 0.684. The van der Waals surface area contributed by atoms with Gasteiger partial charge in [0.2, 0.25) is 0 Å². The zero-order chi connectivity index (χ0) is 20.1. The first-order valence-corrected chi connectivity index (χ1v) is 10.1. The van der Waals surface area contributed by atoms with Crippen LogP contribution in [0.5, 0.6) is 5.75 Å². The van der Waals surface area contributed by atoms with Crippen LogP contribution in [0.25, 0.3) is 0 Å². The molecule has 1 fully saturated rings. The van der Waals surface area contributed by atoms with Crippen molar-refractivity contribution in [1.29, 1.82) is 0 Å². The fraction of sp³-hybridized carbons (Fsp3) is 0.350. The zero-order valence-electron chi connectivity index (χ0n) is 15.6. The molecule has 1 amide bonds. The van der Waals surface area contributed by atoms with E-state index in [1.165, 1.54) is 12.1 Å². The Bertz CT molecular complexity index is 839. The molecule has 1 N–H and O–H groups in total. The summed E-state index contributed by atoms with van der Waals surface area (Å²) in [5.41, 5.74) is 2.23. The lowest BCUT2D eigenvalue weighted by atomic mass is 10.1. The number of benzene rings is 2. The molecule has 3 rings (SSSR count). The standard InChI is InChI=1S/C20H22Cl3N3O2/c1-25-6-8-26(9-7-25)18-5-3-2-4-14(18)12-24-20(27)13-28-19-11-16(22)15(21)10-17(19)23/h2-5,10-11H,6-9,12-13H2,1H3,(H,24,27). The SMILES string of the molecule is CN1CCN(c2ccccc2CNC(=O)COc2cc(Cl)c(Cl)cc2Cl)CC1. The van der Waals surface area contributed by atoms with Crippen molar-refractivity contribution in [2.75, 3.05) is 44.7 Å². The maximum Gasteiger partial charge on any atom is 0.258 e. The molecule has 150 valence electrons. The lowest BCUT2D eigenvalue weighted by Crippen LogP contribution is -2.45. The van der Waals surface area contributed by atoms with Gasteiger partial charge in [0.15, 0.2) is 6.61 Å². The van der Waals surface area contributed by atoms with Gasteiger partial charge in [0.1, 0.15) is 5.75 Å². The van der Waals surface area contributed by atoms with Gasteiger partial charge in [-0.2, -0.15) is 0 Å². The second-order valence-corrected chi connectivity index (χ2v) is 7.90. The molecular formula is C20H22Cl3N3O2. The van der Waals surface area contributed by atoms with E-state index in [4.69, 9.17) is 39.5 Å². The number of halogens is 3. The van der Waals surface area contributed by atoms with E-state index in [9.17, 15) is 4.79 Å². The monoisotopic (exact) mass is 441 g/mol. The Morgan fingerprint density at radius 3 is 2.46 bits per heavy atom. The third-order valence-corrected chi connectivity index (χ3v) is 5.66. The van der Waals surface area contributed by atoms with Gasteiger partial charge in [-0.15, -0.1) is 0 Å². The van der Waals surface area contributed by atoms with Crippen LogP contribution >= 0.6 is 34.8 Å². The third kappa shape index (κ3) is 5.45. The maximum atomic E-state index is 12.2. The maximum absolute atomic E-state index is 12.2. The van der Waals surface area contributed by atoms with E-state index in [1.54, 1.807) is 0 Å². The summed E-state index contributed by atoms with van der Waals surface area (Å²) in [6.07, 6.45) is 0. The molecule has 1 aliphatic rings. The molecule has 0 saturated carbocycles. The van der Waals surface area contributed by atoms with Crippen molar-refractivity contribution in [3.8, 4) is 5.75 Å². The average molecular weight is 443 g/mol. The highest BCUT2D eigenvalue weighted by Crippen LogP contribution is 2.33. The molecule has 5 nitrogen and oxygen atoms in total. The average Bonchev–Trinajstić information content (AvgIpc) is 2.69. The molecule has 8 heteroatoms. The van der Waals surface area contributed by atoms with Crippen molar-refractivity contribution in [2.45, 2.75) is 6.54 Å². The number of piperazine rings is 1. The first kappa shape index (κ1) is 21.1. The third-order valence-electron chi connectivity index (χ3n) is 4.65. The van der Waals surface area contributed by atoms with Crippen molar-refractivity contribution < 1.29 is 9.53 Å². The number of carbonyl (C=O) groups is 1. The minimum absolute atomic E-state index is 0.158. The van der Waals surface area contributed by atoms with E-state index in [1.807, 2.05) is 18.2 Å². The number of hydrogen-bond donors (Lipinski definition) is 1. The molecule has 28 heavy (non-hydrogen) atoms. The number of likely N-dealkylation sites (N-methyl/N-ethyl adjacent to an activating group) is 1. The predicted octanol–water partition coefficient (Wildman–Crippen LogP) is 4.09. The summed E-state index contributed by atoms with van der Waals surface area (Å²) in [6.45, 7) is 4.27. The van der Waals surface area contributed by atoms with Crippen molar-refractivity contribution in [3.05, 3.63) is 57.0 Å². The minimum atomic E-state index is -0.240. The molecule has 0 bridgehead atoms. The molecule has 0 radical (unpaired) electrons. The fourth-order valence-electron chi connectivity index (χ4n) is 3.02. The van der Waals surface area contributed by atoms with Crippen LogP contribution in [-0.4, -0.2) is 50.6 Å². The van der Waals surface area contributed by atoms with Crippen LogP contribution in [0.2, 0.25) is 15.1 Å². The number of carbonyl (C=O) groups excluding carboxylic acids is 1. The first-order valence-electron chi connectivity index (χ1n) is 8.99. The molecule has 1 heterocycles. The van der Waals surface area contributed by atoms with E-state index in [2.05, 4.69) is 28.2 Å². The largest absolute Gasteiger partial charge is 0.482 e. The lowest BCUT2D eigenvalue weighted by molar-refractivity contribution is -0.123. The summed E-state index contributed by atoms with van der Waals surface area (Å²) in [6, 6.07) is 11.1. The summed E-state index contributed by atoms with van der Waals surface area (Å²) < 4.78 is 5.48. The number of para-hydroxylation sites is 1. The summed E-state index contributed by atoms with van der Waals surface area (Å²) in [5.74, 6) is 0.0828. The van der Waals surface area contributed by atoms with Gasteiger partial charge in [-0.05, 0) is 24.7 Å². The number of ether oxygens (including phenoxy) is 1. The number of nitrogens with zero attached hydrogens (tertiary/aromatic N) is 2. The highest BCUT2D eigenvalue weighted by Gasteiger charge is 2.17. The van der Waals surface area contributed by atoms with Crippen LogP contribution in [-0.2, 0) is 11.3 Å². The highest BCUT2D eigenvalue weighted by molar-refractivity contribution is 6.43. The van der Waals surface area contributed by atoms with E-state index < -0.39 is 0 Å². The predicted molar refractivity (Wildman–Crippen MR) is 115 cm³/mol. The molecule has 0 atom stereocenters. The van der Waals surface area contributed by atoms with Crippen LogP contribution in [0.4, 0.5) is 5.69 Å². The second kappa shape index (κ2) is 9.70. The number of nitrogens with one attached hydrogen (secondary N) is 1. The summed E-state index contributed by atoms with van der Waals surface area (Å²) >= 11 is 17.9. The molecule has 0 aromatic heterocycles. The smallest absolute Gasteiger partial charge is 0.258 e. The van der Waals surface area contributed by atoms with Gasteiger partial charge in [0, 0.05) is 44.5 Å². The van der Waals surface area contributed by atoms with Gasteiger partial charge >= 0.3 is 0 Å². The summed E-state index contributed by atoms with van der Waals surface area (Å²) in [5, 5.41) is 3.87. The van der Waals surface area contributed by atoms with Crippen LogP contribution < -0.4 is 15.0 Å². The van der Waals surface area contributed by atoms with E-state index in [0.29, 0.717) is 27.4 Å². The van der Waals surface area contributed by atoms with Gasteiger partial charge in [-0.3, -0.25) is 4.79 Å². The van der Waals surface area contributed by atoms with Gasteiger partial charge in [-0.1, -0.05) is 53.0 Å². The van der Waals surface area contributed by atoms with Crippen molar-refractivity contribution in [1.82, 2.24) is 10.2 Å². The molecule has 0 aliphatic carbocycles. The molecule has 0 spiro atoms. The Kier molecular flexibility index (Phi) is 7.30. The van der Waals surface area contributed by atoms with E-state index in [-0.39, 0.29) is 12.5 Å². The van der Waals surface area contributed by atoms with Crippen molar-refractivity contribution in [2.24, 2.45) is 0 Å². The first-order chi connectivity index (χ1) is 13.4.